The van der Waals surface area contributed by atoms with Gasteiger partial charge in [0.1, 0.15) is 0 Å². The summed E-state index contributed by atoms with van der Waals surface area (Å²) >= 11 is 0. The van der Waals surface area contributed by atoms with Crippen LogP contribution in [-0.4, -0.2) is 11.3 Å². The van der Waals surface area contributed by atoms with Gasteiger partial charge in [-0.1, -0.05) is 46.0 Å². The monoisotopic (exact) mass is 213 g/mol. The van der Waals surface area contributed by atoms with Crippen LogP contribution in [0.2, 0.25) is 0 Å². The summed E-state index contributed by atoms with van der Waals surface area (Å²) in [6.45, 7) is 6.13. The maximum absolute atomic E-state index is 11.8. The quantitative estimate of drug-likeness (QED) is 0.596. The molecule has 0 aliphatic carbocycles. The normalized spacial score (nSPS) is 14.9. The highest BCUT2D eigenvalue weighted by Crippen LogP contribution is 2.15. The van der Waals surface area contributed by atoms with Crippen LogP contribution in [-0.2, 0) is 4.79 Å². The molecule has 0 saturated carbocycles. The summed E-state index contributed by atoms with van der Waals surface area (Å²) in [5.41, 5.74) is 5.38. The first-order chi connectivity index (χ1) is 7.04. The Morgan fingerprint density at radius 3 is 2.20 bits per heavy atom. The van der Waals surface area contributed by atoms with Gasteiger partial charge in [-0.2, -0.15) is 0 Å². The van der Waals surface area contributed by atoms with Gasteiger partial charge in [0.2, 0.25) is 0 Å². The SMILES string of the molecule is CCCCCCCC(=O)C(C)(N)CCC. The van der Waals surface area contributed by atoms with E-state index in [0.29, 0.717) is 6.42 Å². The fraction of sp³-hybridized carbons (Fsp3) is 0.923. The fourth-order valence-corrected chi connectivity index (χ4v) is 1.83. The van der Waals surface area contributed by atoms with E-state index in [4.69, 9.17) is 5.73 Å². The number of carbonyl (C=O) groups is 1. The third-order valence-electron chi connectivity index (χ3n) is 2.91. The molecule has 1 atom stereocenters. The van der Waals surface area contributed by atoms with Gasteiger partial charge in [0.15, 0.2) is 5.78 Å². The fourth-order valence-electron chi connectivity index (χ4n) is 1.83. The largest absolute Gasteiger partial charge is 0.319 e. The lowest BCUT2D eigenvalue weighted by Gasteiger charge is -2.22. The lowest BCUT2D eigenvalue weighted by molar-refractivity contribution is -0.124. The van der Waals surface area contributed by atoms with Crippen LogP contribution in [0.25, 0.3) is 0 Å². The lowest BCUT2D eigenvalue weighted by Crippen LogP contribution is -2.44. The van der Waals surface area contributed by atoms with Gasteiger partial charge in [0.25, 0.3) is 0 Å². The van der Waals surface area contributed by atoms with Crippen LogP contribution < -0.4 is 5.73 Å². The summed E-state index contributed by atoms with van der Waals surface area (Å²) in [5.74, 6) is 0.237. The number of carbonyl (C=O) groups excluding carboxylic acids is 1. The minimum absolute atomic E-state index is 0.237. The van der Waals surface area contributed by atoms with Crippen molar-refractivity contribution in [1.82, 2.24) is 0 Å². The molecular weight excluding hydrogens is 186 g/mol. The number of rotatable bonds is 9. The molecule has 0 rings (SSSR count). The summed E-state index contributed by atoms with van der Waals surface area (Å²) in [6, 6.07) is 0. The van der Waals surface area contributed by atoms with Crippen LogP contribution in [0, 0.1) is 0 Å². The molecule has 0 spiro atoms. The van der Waals surface area contributed by atoms with Crippen LogP contribution in [0.5, 0.6) is 0 Å². The third kappa shape index (κ3) is 6.67. The van der Waals surface area contributed by atoms with Crippen molar-refractivity contribution in [1.29, 1.82) is 0 Å². The van der Waals surface area contributed by atoms with Crippen molar-refractivity contribution < 1.29 is 4.79 Å². The van der Waals surface area contributed by atoms with Gasteiger partial charge in [-0.25, -0.2) is 0 Å². The molecule has 2 nitrogen and oxygen atoms in total. The van der Waals surface area contributed by atoms with Gasteiger partial charge in [0.05, 0.1) is 5.54 Å². The predicted molar refractivity (Wildman–Crippen MR) is 65.9 cm³/mol. The Morgan fingerprint density at radius 2 is 1.67 bits per heavy atom. The van der Waals surface area contributed by atoms with Crippen molar-refractivity contribution in [3.8, 4) is 0 Å². The average molecular weight is 213 g/mol. The van der Waals surface area contributed by atoms with E-state index in [2.05, 4.69) is 13.8 Å². The molecule has 0 aromatic rings. The minimum atomic E-state index is -0.584. The van der Waals surface area contributed by atoms with E-state index in [1.165, 1.54) is 25.7 Å². The number of Topliss-reactive ketones (excluding diaryl/α,β-unsaturated/α-hetero) is 1. The van der Waals surface area contributed by atoms with Crippen LogP contribution in [0.3, 0.4) is 0 Å². The molecule has 0 amide bonds. The molecule has 0 radical (unpaired) electrons. The number of hydrogen-bond donors (Lipinski definition) is 1. The van der Waals surface area contributed by atoms with Crippen molar-refractivity contribution >= 4 is 5.78 Å². The highest BCUT2D eigenvalue weighted by atomic mass is 16.1. The van der Waals surface area contributed by atoms with Crippen molar-refractivity contribution in [2.75, 3.05) is 0 Å². The van der Waals surface area contributed by atoms with Gasteiger partial charge in [-0.05, 0) is 19.8 Å². The molecule has 0 saturated heterocycles. The second-order valence-corrected chi connectivity index (χ2v) is 4.75. The molecule has 2 N–H and O–H groups in total. The summed E-state index contributed by atoms with van der Waals surface area (Å²) in [4.78, 5) is 11.8. The van der Waals surface area contributed by atoms with E-state index in [1.807, 2.05) is 6.92 Å². The van der Waals surface area contributed by atoms with Crippen LogP contribution >= 0.6 is 0 Å². The first-order valence-corrected chi connectivity index (χ1v) is 6.36. The van der Waals surface area contributed by atoms with Crippen molar-refractivity contribution in [3.05, 3.63) is 0 Å². The van der Waals surface area contributed by atoms with Gasteiger partial charge in [-0.3, -0.25) is 4.79 Å². The first kappa shape index (κ1) is 14.6. The predicted octanol–water partition coefficient (Wildman–Crippen LogP) is 3.43. The third-order valence-corrected chi connectivity index (χ3v) is 2.91. The molecule has 0 bridgehead atoms. The molecular formula is C13H27NO. The molecule has 15 heavy (non-hydrogen) atoms. The van der Waals surface area contributed by atoms with Crippen LogP contribution in [0.15, 0.2) is 0 Å². The highest BCUT2D eigenvalue weighted by molar-refractivity contribution is 5.87. The summed E-state index contributed by atoms with van der Waals surface area (Å²) in [6.07, 6.45) is 8.41. The first-order valence-electron chi connectivity index (χ1n) is 6.36. The van der Waals surface area contributed by atoms with Gasteiger partial charge in [-0.15, -0.1) is 0 Å². The van der Waals surface area contributed by atoms with E-state index in [0.717, 1.165) is 19.3 Å². The molecule has 0 aromatic heterocycles. The number of unbranched alkanes of at least 4 members (excludes halogenated alkanes) is 4. The summed E-state index contributed by atoms with van der Waals surface area (Å²) < 4.78 is 0. The Bertz CT molecular complexity index is 175. The zero-order chi connectivity index (χ0) is 11.7. The Morgan fingerprint density at radius 1 is 1.07 bits per heavy atom. The van der Waals surface area contributed by atoms with Crippen molar-refractivity contribution in [3.63, 3.8) is 0 Å². The topological polar surface area (TPSA) is 43.1 Å². The number of nitrogens with two attached hydrogens (primary N) is 1. The van der Waals surface area contributed by atoms with Gasteiger partial charge in [0, 0.05) is 6.42 Å². The Balaban J connectivity index is 3.64. The highest BCUT2D eigenvalue weighted by Gasteiger charge is 2.25. The molecule has 0 heterocycles. The van der Waals surface area contributed by atoms with Crippen LogP contribution in [0.4, 0.5) is 0 Å². The number of ketones is 1. The minimum Gasteiger partial charge on any atom is -0.319 e. The molecule has 2 heteroatoms. The Labute approximate surface area is 94.6 Å². The maximum atomic E-state index is 11.8. The standard InChI is InChI=1S/C13H27NO/c1-4-6-7-8-9-10-12(15)13(3,14)11-5-2/h4-11,14H2,1-3H3. The van der Waals surface area contributed by atoms with Gasteiger partial charge < -0.3 is 5.73 Å². The average Bonchev–Trinajstić information content (AvgIpc) is 2.17. The van der Waals surface area contributed by atoms with E-state index >= 15 is 0 Å². The van der Waals surface area contributed by atoms with Crippen molar-refractivity contribution in [2.45, 2.75) is 77.7 Å². The lowest BCUT2D eigenvalue weighted by atomic mass is 9.89. The van der Waals surface area contributed by atoms with Gasteiger partial charge >= 0.3 is 0 Å². The van der Waals surface area contributed by atoms with E-state index < -0.39 is 5.54 Å². The number of hydrogen-bond acceptors (Lipinski definition) is 2. The van der Waals surface area contributed by atoms with E-state index in [9.17, 15) is 4.79 Å². The maximum Gasteiger partial charge on any atom is 0.152 e. The summed E-state index contributed by atoms with van der Waals surface area (Å²) in [5, 5.41) is 0. The smallest absolute Gasteiger partial charge is 0.152 e. The second kappa shape index (κ2) is 7.86. The zero-order valence-corrected chi connectivity index (χ0v) is 10.6. The molecule has 0 fully saturated rings. The summed E-state index contributed by atoms with van der Waals surface area (Å²) in [7, 11) is 0. The van der Waals surface area contributed by atoms with Crippen LogP contribution in [0.1, 0.15) is 72.1 Å². The molecule has 90 valence electrons. The zero-order valence-electron chi connectivity index (χ0n) is 10.6. The van der Waals surface area contributed by atoms with Crippen molar-refractivity contribution in [2.24, 2.45) is 5.73 Å². The Kier molecular flexibility index (Phi) is 7.67. The molecule has 0 aromatic carbocycles. The molecule has 0 aliphatic heterocycles. The second-order valence-electron chi connectivity index (χ2n) is 4.75. The van der Waals surface area contributed by atoms with E-state index in [-0.39, 0.29) is 5.78 Å². The Hall–Kier alpha value is -0.370. The molecule has 0 aliphatic rings. The van der Waals surface area contributed by atoms with E-state index in [1.54, 1.807) is 0 Å². The molecule has 1 unspecified atom stereocenters.